The van der Waals surface area contributed by atoms with Crippen LogP contribution in [0.2, 0.25) is 0 Å². The number of nitrogen functional groups attached to an aromatic ring is 1. The minimum absolute atomic E-state index is 0.375. The molecular weight excluding hydrogens is 412 g/mol. The number of aliphatic imine (C=N–C) groups is 1. The Bertz CT molecular complexity index is 1240. The summed E-state index contributed by atoms with van der Waals surface area (Å²) in [6.07, 6.45) is 4.37. The van der Waals surface area contributed by atoms with E-state index in [9.17, 15) is 0 Å². The highest BCUT2D eigenvalue weighted by Gasteiger charge is 2.54. The topological polar surface area (TPSA) is 86.1 Å². The Kier molecular flexibility index (Phi) is 4.42. The van der Waals surface area contributed by atoms with Crippen LogP contribution in [0.5, 0.6) is 5.75 Å². The summed E-state index contributed by atoms with van der Waals surface area (Å²) in [4.78, 5) is 11.3. The van der Waals surface area contributed by atoms with Crippen LogP contribution in [0.15, 0.2) is 71.7 Å². The number of fused-ring (bicyclic) bond motifs is 3. The quantitative estimate of drug-likeness (QED) is 0.549. The Hall–Kier alpha value is -3.51. The molecule has 3 aromatic rings. The Morgan fingerprint density at radius 2 is 1.61 bits per heavy atom. The first kappa shape index (κ1) is 20.1. The number of hydrogen-bond donors (Lipinski definition) is 2. The summed E-state index contributed by atoms with van der Waals surface area (Å²) in [6, 6.07) is 22.8. The van der Waals surface area contributed by atoms with Crippen LogP contribution in [0, 0.1) is 0 Å². The van der Waals surface area contributed by atoms with Crippen molar-refractivity contribution in [3.63, 3.8) is 0 Å². The third-order valence-corrected chi connectivity index (χ3v) is 7.23. The zero-order valence-electron chi connectivity index (χ0n) is 18.8. The van der Waals surface area contributed by atoms with Gasteiger partial charge in [0, 0.05) is 19.2 Å². The summed E-state index contributed by atoms with van der Waals surface area (Å²) < 4.78 is 6.81. The molecule has 168 valence electrons. The van der Waals surface area contributed by atoms with Gasteiger partial charge in [-0.1, -0.05) is 42.5 Å². The molecular formula is C27H28N4O2. The van der Waals surface area contributed by atoms with Gasteiger partial charge in [0.25, 0.3) is 0 Å². The summed E-state index contributed by atoms with van der Waals surface area (Å²) in [5.41, 5.74) is 17.5. The number of hydroxylamine groups is 2. The second-order valence-corrected chi connectivity index (χ2v) is 9.41. The summed E-state index contributed by atoms with van der Waals surface area (Å²) in [5, 5.41) is 1.57. The van der Waals surface area contributed by atoms with Crippen molar-refractivity contribution in [3.05, 3.63) is 83.4 Å². The number of nitrogens with two attached hydrogens (primary N) is 2. The van der Waals surface area contributed by atoms with Crippen molar-refractivity contribution in [2.75, 3.05) is 12.8 Å². The lowest BCUT2D eigenvalue weighted by Gasteiger charge is -2.45. The maximum atomic E-state index is 6.81. The highest BCUT2D eigenvalue weighted by atomic mass is 16.7. The van der Waals surface area contributed by atoms with Crippen molar-refractivity contribution in [1.29, 1.82) is 0 Å². The van der Waals surface area contributed by atoms with Gasteiger partial charge in [0.1, 0.15) is 11.4 Å². The fourth-order valence-electron chi connectivity index (χ4n) is 5.53. The van der Waals surface area contributed by atoms with E-state index in [1.807, 2.05) is 24.3 Å². The third kappa shape index (κ3) is 3.33. The molecule has 6 rings (SSSR count). The van der Waals surface area contributed by atoms with E-state index in [4.69, 9.17) is 26.0 Å². The van der Waals surface area contributed by atoms with E-state index in [0.29, 0.717) is 12.4 Å². The van der Waals surface area contributed by atoms with Gasteiger partial charge in [0.05, 0.1) is 5.56 Å². The highest BCUT2D eigenvalue weighted by molar-refractivity contribution is 5.79. The second-order valence-electron chi connectivity index (χ2n) is 9.41. The molecule has 0 saturated carbocycles. The van der Waals surface area contributed by atoms with Crippen LogP contribution in [0.25, 0.3) is 11.1 Å². The van der Waals surface area contributed by atoms with Crippen LogP contribution >= 0.6 is 0 Å². The van der Waals surface area contributed by atoms with Gasteiger partial charge in [-0.2, -0.15) is 0 Å². The third-order valence-electron chi connectivity index (χ3n) is 7.23. The molecule has 1 aliphatic carbocycles. The Labute approximate surface area is 193 Å². The maximum Gasteiger partial charge on any atom is 0.222 e. The minimum atomic E-state index is -0.903. The van der Waals surface area contributed by atoms with Crippen LogP contribution in [-0.4, -0.2) is 23.7 Å². The van der Waals surface area contributed by atoms with Crippen LogP contribution in [0.3, 0.4) is 0 Å². The van der Waals surface area contributed by atoms with Crippen molar-refractivity contribution in [1.82, 2.24) is 5.06 Å². The molecule has 0 amide bonds. The normalized spacial score (nSPS) is 22.9. The van der Waals surface area contributed by atoms with Crippen molar-refractivity contribution >= 4 is 11.6 Å². The largest absolute Gasteiger partial charge is 0.487 e. The zero-order valence-corrected chi connectivity index (χ0v) is 18.8. The van der Waals surface area contributed by atoms with E-state index in [1.54, 1.807) is 12.1 Å². The van der Waals surface area contributed by atoms with E-state index < -0.39 is 5.72 Å². The van der Waals surface area contributed by atoms with Gasteiger partial charge in [-0.05, 0) is 72.2 Å². The number of guanidine groups is 1. The number of hydrogen-bond acceptors (Lipinski definition) is 6. The Balaban J connectivity index is 1.44. The molecule has 0 radical (unpaired) electrons. The molecule has 2 spiro atoms. The number of benzene rings is 3. The highest BCUT2D eigenvalue weighted by Crippen LogP contribution is 2.53. The van der Waals surface area contributed by atoms with E-state index in [-0.39, 0.29) is 5.60 Å². The molecule has 4 N–H and O–H groups in total. The second kappa shape index (κ2) is 7.25. The van der Waals surface area contributed by atoms with Gasteiger partial charge in [-0.15, -0.1) is 0 Å². The van der Waals surface area contributed by atoms with E-state index in [0.717, 1.165) is 53.8 Å². The first-order valence-corrected chi connectivity index (χ1v) is 11.5. The van der Waals surface area contributed by atoms with Crippen molar-refractivity contribution in [2.45, 2.75) is 43.4 Å². The lowest BCUT2D eigenvalue weighted by atomic mass is 9.79. The molecule has 2 heterocycles. The number of nitrogens with zero attached hydrogens (tertiary/aromatic N) is 2. The van der Waals surface area contributed by atoms with Crippen molar-refractivity contribution < 1.29 is 9.57 Å². The molecule has 1 atom stereocenters. The molecule has 6 heteroatoms. The smallest absolute Gasteiger partial charge is 0.222 e. The van der Waals surface area contributed by atoms with Crippen LogP contribution in [-0.2, 0) is 23.4 Å². The predicted molar refractivity (Wildman–Crippen MR) is 129 cm³/mol. The minimum Gasteiger partial charge on any atom is -0.487 e. The number of anilines is 1. The standard InChI is InChI=1S/C27H28N4O2/c1-31-25(29)30-27(33-31)17-26(13-11-18-5-2-3-6-19(18)12-14-26)32-24-10-9-21(16-23(24)27)20-7-4-8-22(28)15-20/h2-10,15-16H,11-14,17,28H2,1H3,(H2,29,30). The average Bonchev–Trinajstić information content (AvgIpc) is 2.98. The van der Waals surface area contributed by atoms with E-state index >= 15 is 0 Å². The predicted octanol–water partition coefficient (Wildman–Crippen LogP) is 4.38. The Morgan fingerprint density at radius 1 is 0.879 bits per heavy atom. The molecule has 33 heavy (non-hydrogen) atoms. The molecule has 0 aromatic heterocycles. The molecule has 0 bridgehead atoms. The van der Waals surface area contributed by atoms with Gasteiger partial charge < -0.3 is 16.2 Å². The molecule has 3 aliphatic rings. The molecule has 6 nitrogen and oxygen atoms in total. The zero-order chi connectivity index (χ0) is 22.6. The molecule has 0 fully saturated rings. The van der Waals surface area contributed by atoms with Gasteiger partial charge in [0.15, 0.2) is 0 Å². The SMILES string of the molecule is CN1OC2(CC3(CCc4ccccc4CC3)Oc3ccc(-c4cccc(N)c4)cc32)N=C1N. The fourth-order valence-corrected chi connectivity index (χ4v) is 5.53. The molecule has 3 aromatic carbocycles. The first-order valence-electron chi connectivity index (χ1n) is 11.5. The maximum absolute atomic E-state index is 6.81. The Morgan fingerprint density at radius 3 is 2.27 bits per heavy atom. The molecule has 0 saturated heterocycles. The summed E-state index contributed by atoms with van der Waals surface area (Å²) in [6.45, 7) is 0. The number of aryl methyl sites for hydroxylation is 2. The lowest BCUT2D eigenvalue weighted by Crippen LogP contribution is -2.48. The number of ether oxygens (including phenoxy) is 1. The van der Waals surface area contributed by atoms with Crippen molar-refractivity contribution in [2.24, 2.45) is 10.7 Å². The lowest BCUT2D eigenvalue weighted by molar-refractivity contribution is -0.205. The first-order chi connectivity index (χ1) is 16.0. The van der Waals surface area contributed by atoms with Crippen LogP contribution in [0.4, 0.5) is 5.69 Å². The van der Waals surface area contributed by atoms with Crippen LogP contribution < -0.4 is 16.2 Å². The van der Waals surface area contributed by atoms with Gasteiger partial charge in [-0.3, -0.25) is 0 Å². The average molecular weight is 441 g/mol. The van der Waals surface area contributed by atoms with E-state index in [2.05, 4.69) is 42.5 Å². The summed E-state index contributed by atoms with van der Waals surface area (Å²) in [7, 11) is 1.81. The van der Waals surface area contributed by atoms with Gasteiger partial charge >= 0.3 is 0 Å². The fraction of sp³-hybridized carbons (Fsp3) is 0.296. The van der Waals surface area contributed by atoms with E-state index in [1.165, 1.54) is 11.1 Å². The van der Waals surface area contributed by atoms with Gasteiger partial charge in [-0.25, -0.2) is 14.9 Å². The monoisotopic (exact) mass is 440 g/mol. The molecule has 1 unspecified atom stereocenters. The summed E-state index contributed by atoms with van der Waals surface area (Å²) >= 11 is 0. The number of rotatable bonds is 1. The van der Waals surface area contributed by atoms with Crippen molar-refractivity contribution in [3.8, 4) is 16.9 Å². The van der Waals surface area contributed by atoms with Crippen LogP contribution in [0.1, 0.15) is 36.0 Å². The summed E-state index contributed by atoms with van der Waals surface area (Å²) in [5.74, 6) is 1.19. The van der Waals surface area contributed by atoms with Gasteiger partial charge in [0.2, 0.25) is 11.7 Å². The molecule has 2 aliphatic heterocycles.